The number of hydrogen-bond donors (Lipinski definition) is 3. The van der Waals surface area contributed by atoms with Gasteiger partial charge in [0.05, 0.1) is 16.3 Å². The van der Waals surface area contributed by atoms with Gasteiger partial charge in [-0.15, -0.1) is 0 Å². The fourth-order valence-corrected chi connectivity index (χ4v) is 2.98. The Hall–Kier alpha value is -1.93. The molecule has 0 saturated heterocycles. The highest BCUT2D eigenvalue weighted by atomic mass is 32.2. The molecular weight excluding hydrogens is 294 g/mol. The molecule has 0 saturated carbocycles. The average Bonchev–Trinajstić information content (AvgIpc) is 2.55. The maximum atomic E-state index is 12.1. The first-order valence-corrected chi connectivity index (χ1v) is 8.09. The summed E-state index contributed by atoms with van der Waals surface area (Å²) in [5.41, 5.74) is 0.657. The molecule has 0 spiro atoms. The Labute approximate surface area is 123 Å². The summed E-state index contributed by atoms with van der Waals surface area (Å²) in [5.74, 6) is -1.73. The first-order chi connectivity index (χ1) is 9.85. The van der Waals surface area contributed by atoms with Crippen molar-refractivity contribution in [2.45, 2.75) is 25.2 Å². The first kappa shape index (κ1) is 15.5. The van der Waals surface area contributed by atoms with Gasteiger partial charge in [-0.3, -0.25) is 9.59 Å². The van der Waals surface area contributed by atoms with E-state index in [9.17, 15) is 18.0 Å². The van der Waals surface area contributed by atoms with Gasteiger partial charge in [-0.25, -0.2) is 13.1 Å². The van der Waals surface area contributed by atoms with Gasteiger partial charge < -0.3 is 10.6 Å². The topological polar surface area (TPSA) is 104 Å². The van der Waals surface area contributed by atoms with Crippen LogP contribution in [0.15, 0.2) is 23.1 Å². The fraction of sp³-hybridized carbons (Fsp3) is 0.385. The smallest absolute Gasteiger partial charge is 0.240 e. The SMILES string of the molecule is CCCNS(=O)(=O)c1ccc2c(c1)NC(=O)C(C)C(=O)N2. The van der Waals surface area contributed by atoms with Gasteiger partial charge in [0.1, 0.15) is 5.92 Å². The monoisotopic (exact) mass is 311 g/mol. The van der Waals surface area contributed by atoms with E-state index < -0.39 is 27.8 Å². The van der Waals surface area contributed by atoms with Gasteiger partial charge in [-0.1, -0.05) is 6.92 Å². The van der Waals surface area contributed by atoms with Gasteiger partial charge in [-0.2, -0.15) is 0 Å². The number of nitrogens with one attached hydrogen (secondary N) is 3. The number of sulfonamides is 1. The summed E-state index contributed by atoms with van der Waals surface area (Å²) in [6.45, 7) is 3.67. The Morgan fingerprint density at radius 1 is 1.14 bits per heavy atom. The highest BCUT2D eigenvalue weighted by Crippen LogP contribution is 2.28. The molecule has 0 bridgehead atoms. The summed E-state index contributed by atoms with van der Waals surface area (Å²) in [5, 5.41) is 5.14. The quantitative estimate of drug-likeness (QED) is 0.719. The molecule has 1 aliphatic rings. The minimum atomic E-state index is -3.63. The van der Waals surface area contributed by atoms with Crippen molar-refractivity contribution >= 4 is 33.2 Å². The predicted molar refractivity (Wildman–Crippen MR) is 78.3 cm³/mol. The van der Waals surface area contributed by atoms with Crippen molar-refractivity contribution in [3.8, 4) is 0 Å². The molecule has 2 amide bonds. The number of rotatable bonds is 4. The lowest BCUT2D eigenvalue weighted by molar-refractivity contribution is -0.128. The van der Waals surface area contributed by atoms with Crippen molar-refractivity contribution in [3.05, 3.63) is 18.2 Å². The van der Waals surface area contributed by atoms with Crippen molar-refractivity contribution in [2.75, 3.05) is 17.2 Å². The van der Waals surface area contributed by atoms with Crippen molar-refractivity contribution < 1.29 is 18.0 Å². The largest absolute Gasteiger partial charge is 0.324 e. The van der Waals surface area contributed by atoms with E-state index in [-0.39, 0.29) is 10.6 Å². The highest BCUT2D eigenvalue weighted by Gasteiger charge is 2.27. The lowest BCUT2D eigenvalue weighted by Gasteiger charge is -2.10. The molecule has 7 nitrogen and oxygen atoms in total. The maximum absolute atomic E-state index is 12.1. The molecule has 1 heterocycles. The van der Waals surface area contributed by atoms with Gasteiger partial charge in [0.2, 0.25) is 21.8 Å². The number of benzene rings is 1. The lowest BCUT2D eigenvalue weighted by atomic mass is 10.1. The van der Waals surface area contributed by atoms with Crippen LogP contribution >= 0.6 is 0 Å². The van der Waals surface area contributed by atoms with Crippen LogP contribution in [0.4, 0.5) is 11.4 Å². The Balaban J connectivity index is 2.38. The van der Waals surface area contributed by atoms with E-state index in [4.69, 9.17) is 0 Å². The van der Waals surface area contributed by atoms with E-state index in [1.54, 1.807) is 0 Å². The van der Waals surface area contributed by atoms with Gasteiger partial charge in [0.15, 0.2) is 0 Å². The lowest BCUT2D eigenvalue weighted by Crippen LogP contribution is -2.28. The van der Waals surface area contributed by atoms with Crippen molar-refractivity contribution in [1.29, 1.82) is 0 Å². The average molecular weight is 311 g/mol. The van der Waals surface area contributed by atoms with Gasteiger partial charge >= 0.3 is 0 Å². The number of carbonyl (C=O) groups excluding carboxylic acids is 2. The van der Waals surface area contributed by atoms with E-state index in [1.165, 1.54) is 25.1 Å². The molecule has 1 unspecified atom stereocenters. The summed E-state index contributed by atoms with van der Waals surface area (Å²) >= 11 is 0. The van der Waals surface area contributed by atoms with E-state index >= 15 is 0 Å². The molecule has 114 valence electrons. The Morgan fingerprint density at radius 3 is 2.38 bits per heavy atom. The second-order valence-electron chi connectivity index (χ2n) is 4.81. The van der Waals surface area contributed by atoms with Crippen LogP contribution in [0.2, 0.25) is 0 Å². The number of amides is 2. The van der Waals surface area contributed by atoms with Crippen LogP contribution < -0.4 is 15.4 Å². The van der Waals surface area contributed by atoms with Crippen molar-refractivity contribution in [3.63, 3.8) is 0 Å². The number of fused-ring (bicyclic) bond motifs is 1. The second-order valence-corrected chi connectivity index (χ2v) is 6.57. The summed E-state index contributed by atoms with van der Waals surface area (Å²) in [4.78, 5) is 23.5. The molecule has 21 heavy (non-hydrogen) atoms. The van der Waals surface area contributed by atoms with Gasteiger partial charge in [-0.05, 0) is 31.5 Å². The second kappa shape index (κ2) is 5.82. The molecule has 0 aromatic heterocycles. The molecule has 1 atom stereocenters. The van der Waals surface area contributed by atoms with Crippen molar-refractivity contribution in [1.82, 2.24) is 4.72 Å². The van der Waals surface area contributed by atoms with Crippen LogP contribution in [0.5, 0.6) is 0 Å². The number of carbonyl (C=O) groups is 2. The van der Waals surface area contributed by atoms with Crippen LogP contribution in [0.25, 0.3) is 0 Å². The summed E-state index contributed by atoms with van der Waals surface area (Å²) in [7, 11) is -3.63. The fourth-order valence-electron chi connectivity index (χ4n) is 1.82. The molecule has 1 aliphatic heterocycles. The van der Waals surface area contributed by atoms with Gasteiger partial charge in [0, 0.05) is 6.54 Å². The zero-order valence-corrected chi connectivity index (χ0v) is 12.6. The van der Waals surface area contributed by atoms with Crippen LogP contribution in [-0.2, 0) is 19.6 Å². The van der Waals surface area contributed by atoms with E-state index in [0.717, 1.165) is 0 Å². The molecule has 0 radical (unpaired) electrons. The highest BCUT2D eigenvalue weighted by molar-refractivity contribution is 7.89. The number of hydrogen-bond acceptors (Lipinski definition) is 4. The molecule has 8 heteroatoms. The van der Waals surface area contributed by atoms with Crippen LogP contribution in [-0.4, -0.2) is 26.8 Å². The minimum Gasteiger partial charge on any atom is -0.324 e. The molecule has 0 fully saturated rings. The predicted octanol–water partition coefficient (Wildman–Crippen LogP) is 0.902. The van der Waals surface area contributed by atoms with E-state index in [2.05, 4.69) is 15.4 Å². The van der Waals surface area contributed by atoms with E-state index in [0.29, 0.717) is 18.7 Å². The van der Waals surface area contributed by atoms with Crippen LogP contribution in [0, 0.1) is 5.92 Å². The summed E-state index contributed by atoms with van der Waals surface area (Å²) < 4.78 is 26.6. The zero-order chi connectivity index (χ0) is 15.6. The molecule has 3 N–H and O–H groups in total. The summed E-state index contributed by atoms with van der Waals surface area (Å²) in [6.07, 6.45) is 0.675. The molecular formula is C13H17N3O4S. The Morgan fingerprint density at radius 2 is 1.76 bits per heavy atom. The number of anilines is 2. The molecule has 0 aliphatic carbocycles. The Bertz CT molecular complexity index is 685. The standard InChI is InChI=1S/C13H17N3O4S/c1-3-6-14-21(19,20)9-4-5-10-11(7-9)16-13(18)8(2)12(17)15-10/h4-5,7-8,14H,3,6H2,1-2H3,(H,15,17)(H,16,18). The van der Waals surface area contributed by atoms with Crippen LogP contribution in [0.1, 0.15) is 20.3 Å². The van der Waals surface area contributed by atoms with Crippen molar-refractivity contribution in [2.24, 2.45) is 5.92 Å². The first-order valence-electron chi connectivity index (χ1n) is 6.60. The summed E-state index contributed by atoms with van der Waals surface area (Å²) in [6, 6.07) is 4.19. The molecule has 1 aromatic rings. The van der Waals surface area contributed by atoms with Gasteiger partial charge in [0.25, 0.3) is 0 Å². The third kappa shape index (κ3) is 3.22. The zero-order valence-electron chi connectivity index (χ0n) is 11.8. The maximum Gasteiger partial charge on any atom is 0.240 e. The third-order valence-corrected chi connectivity index (χ3v) is 4.60. The van der Waals surface area contributed by atoms with E-state index in [1.807, 2.05) is 6.92 Å². The third-order valence-electron chi connectivity index (χ3n) is 3.15. The molecule has 2 rings (SSSR count). The normalized spacial score (nSPS) is 18.5. The Kier molecular flexibility index (Phi) is 4.29. The van der Waals surface area contributed by atoms with Crippen LogP contribution in [0.3, 0.4) is 0 Å². The minimum absolute atomic E-state index is 0.0406. The molecule has 1 aromatic carbocycles.